The van der Waals surface area contributed by atoms with Crippen molar-refractivity contribution >= 4 is 25.6 Å². The summed E-state index contributed by atoms with van der Waals surface area (Å²) in [6, 6.07) is -0.543. The van der Waals surface area contributed by atoms with Crippen LogP contribution in [0.1, 0.15) is 32.6 Å². The molecule has 108 valence electrons. The van der Waals surface area contributed by atoms with Crippen molar-refractivity contribution in [3.8, 4) is 0 Å². The third kappa shape index (κ3) is 4.21. The van der Waals surface area contributed by atoms with Crippen LogP contribution in [-0.2, 0) is 13.8 Å². The van der Waals surface area contributed by atoms with E-state index in [1.54, 1.807) is 13.8 Å². The van der Waals surface area contributed by atoms with Crippen molar-refractivity contribution < 1.29 is 13.2 Å². The number of carbonyl (C=O) groups is 1. The van der Waals surface area contributed by atoms with Crippen LogP contribution in [0.15, 0.2) is 11.2 Å². The Bertz CT molecular complexity index is 566. The van der Waals surface area contributed by atoms with E-state index >= 15 is 0 Å². The molecular formula is C11H18ClN3O3S. The number of carbonyl (C=O) groups excluding carboxylic acids is 1. The second-order valence-electron chi connectivity index (χ2n) is 4.79. The summed E-state index contributed by atoms with van der Waals surface area (Å²) in [4.78, 5) is 15.8. The lowest BCUT2D eigenvalue weighted by Gasteiger charge is -2.15. The highest BCUT2D eigenvalue weighted by Crippen LogP contribution is 2.18. The van der Waals surface area contributed by atoms with Gasteiger partial charge < -0.3 is 9.88 Å². The molecule has 1 heterocycles. The van der Waals surface area contributed by atoms with Crippen LogP contribution in [0.3, 0.4) is 0 Å². The summed E-state index contributed by atoms with van der Waals surface area (Å²) in [6.45, 7) is 7.85. The summed E-state index contributed by atoms with van der Waals surface area (Å²) in [6.07, 6.45) is 1.28. The Labute approximate surface area is 117 Å². The van der Waals surface area contributed by atoms with Crippen molar-refractivity contribution in [3.05, 3.63) is 12.0 Å². The molecule has 0 aromatic carbocycles. The van der Waals surface area contributed by atoms with E-state index in [0.717, 1.165) is 0 Å². The molecule has 0 bridgehead atoms. The molecule has 0 saturated heterocycles. The van der Waals surface area contributed by atoms with Crippen molar-refractivity contribution in [2.75, 3.05) is 6.54 Å². The molecule has 1 N–H and O–H groups in total. The summed E-state index contributed by atoms with van der Waals surface area (Å²) in [5.41, 5.74) is 0. The Morgan fingerprint density at radius 2 is 2.05 bits per heavy atom. The Hall–Kier alpha value is -1.08. The second kappa shape index (κ2) is 5.92. The molecule has 0 aliphatic heterocycles. The van der Waals surface area contributed by atoms with Crippen LogP contribution in [0.5, 0.6) is 0 Å². The zero-order chi connectivity index (χ0) is 14.8. The molecule has 1 rings (SSSR count). The van der Waals surface area contributed by atoms with Gasteiger partial charge in [-0.05, 0) is 19.8 Å². The van der Waals surface area contributed by atoms with E-state index in [4.69, 9.17) is 10.7 Å². The van der Waals surface area contributed by atoms with E-state index in [9.17, 15) is 13.2 Å². The van der Waals surface area contributed by atoms with Gasteiger partial charge in [0.25, 0.3) is 9.05 Å². The Morgan fingerprint density at radius 1 is 1.47 bits per heavy atom. The first-order valence-electron chi connectivity index (χ1n) is 5.90. The third-order valence-corrected chi connectivity index (χ3v) is 3.80. The molecule has 6 nitrogen and oxygen atoms in total. The van der Waals surface area contributed by atoms with Gasteiger partial charge in [0, 0.05) is 23.4 Å². The normalized spacial score (nSPS) is 13.6. The molecule has 1 unspecified atom stereocenters. The van der Waals surface area contributed by atoms with Gasteiger partial charge in [0.05, 0.1) is 0 Å². The molecular weight excluding hydrogens is 290 g/mol. The summed E-state index contributed by atoms with van der Waals surface area (Å²) in [7, 11) is 1.35. The Morgan fingerprint density at radius 3 is 2.47 bits per heavy atom. The zero-order valence-electron chi connectivity index (χ0n) is 11.3. The zero-order valence-corrected chi connectivity index (χ0v) is 12.9. The van der Waals surface area contributed by atoms with E-state index in [1.165, 1.54) is 10.8 Å². The van der Waals surface area contributed by atoms with Crippen molar-refractivity contribution in [2.45, 2.75) is 38.8 Å². The van der Waals surface area contributed by atoms with Crippen LogP contribution in [0.25, 0.3) is 0 Å². The number of aromatic nitrogens is 2. The summed E-state index contributed by atoms with van der Waals surface area (Å²) in [5.74, 6) is 0.581. The number of amides is 1. The molecule has 0 spiro atoms. The maximum absolute atomic E-state index is 11.9. The largest absolute Gasteiger partial charge is 0.354 e. The minimum atomic E-state index is -3.88. The first kappa shape index (κ1) is 16.0. The molecule has 0 radical (unpaired) electrons. The summed E-state index contributed by atoms with van der Waals surface area (Å²) >= 11 is 0. The van der Waals surface area contributed by atoms with Crippen molar-refractivity contribution in [2.24, 2.45) is 5.92 Å². The van der Waals surface area contributed by atoms with Crippen LogP contribution in [-0.4, -0.2) is 30.4 Å². The van der Waals surface area contributed by atoms with Crippen molar-refractivity contribution in [1.82, 2.24) is 14.9 Å². The number of aryl methyl sites for hydroxylation is 1. The van der Waals surface area contributed by atoms with Gasteiger partial charge >= 0.3 is 0 Å². The Balaban J connectivity index is 2.91. The lowest BCUT2D eigenvalue weighted by atomic mass is 10.2. The average molecular weight is 308 g/mol. The van der Waals surface area contributed by atoms with Crippen molar-refractivity contribution in [1.29, 1.82) is 0 Å². The monoisotopic (exact) mass is 307 g/mol. The highest BCUT2D eigenvalue weighted by atomic mass is 35.7. The number of halogens is 1. The Kier molecular flexibility index (Phi) is 4.98. The van der Waals surface area contributed by atoms with Gasteiger partial charge in [0.2, 0.25) is 5.91 Å². The fourth-order valence-electron chi connectivity index (χ4n) is 1.55. The predicted molar refractivity (Wildman–Crippen MR) is 72.6 cm³/mol. The standard InChI is InChI=1S/C11H18ClN3O3S/c1-7(2)5-13-11(16)8(3)15-6-10(14-9(15)4)19(12,17)18/h6-8H,5H2,1-4H3,(H,13,16). The van der Waals surface area contributed by atoms with Gasteiger partial charge in [-0.1, -0.05) is 13.8 Å². The van der Waals surface area contributed by atoms with E-state index < -0.39 is 15.1 Å². The molecule has 0 aliphatic carbocycles. The smallest absolute Gasteiger partial charge is 0.280 e. The highest BCUT2D eigenvalue weighted by Gasteiger charge is 2.22. The highest BCUT2D eigenvalue weighted by molar-refractivity contribution is 8.13. The number of rotatable bonds is 5. The second-order valence-corrected chi connectivity index (χ2v) is 7.30. The van der Waals surface area contributed by atoms with Gasteiger partial charge in [-0.15, -0.1) is 0 Å². The van der Waals surface area contributed by atoms with Gasteiger partial charge in [-0.2, -0.15) is 0 Å². The summed E-state index contributed by atoms with van der Waals surface area (Å²) < 4.78 is 23.9. The van der Waals surface area contributed by atoms with Gasteiger partial charge in [-0.3, -0.25) is 4.79 Å². The average Bonchev–Trinajstić information content (AvgIpc) is 2.66. The van der Waals surface area contributed by atoms with Gasteiger partial charge in [-0.25, -0.2) is 13.4 Å². The predicted octanol–water partition coefficient (Wildman–Crippen LogP) is 1.45. The van der Waals surface area contributed by atoms with E-state index in [1.807, 2.05) is 13.8 Å². The minimum Gasteiger partial charge on any atom is -0.354 e. The maximum atomic E-state index is 11.9. The van der Waals surface area contributed by atoms with Crippen molar-refractivity contribution in [3.63, 3.8) is 0 Å². The molecule has 0 aliphatic rings. The topological polar surface area (TPSA) is 81.1 Å². The van der Waals surface area contributed by atoms with Crippen LogP contribution < -0.4 is 5.32 Å². The number of imidazole rings is 1. The molecule has 1 aromatic rings. The van der Waals surface area contributed by atoms with E-state index in [2.05, 4.69) is 10.3 Å². The van der Waals surface area contributed by atoms with Crippen LogP contribution in [0.2, 0.25) is 0 Å². The first-order chi connectivity index (χ1) is 8.62. The van der Waals surface area contributed by atoms with E-state index in [0.29, 0.717) is 18.3 Å². The molecule has 19 heavy (non-hydrogen) atoms. The first-order valence-corrected chi connectivity index (χ1v) is 8.21. The van der Waals surface area contributed by atoms with Crippen LogP contribution >= 0.6 is 10.7 Å². The SMILES string of the molecule is Cc1nc(S(=O)(=O)Cl)cn1C(C)C(=O)NCC(C)C. The number of nitrogens with one attached hydrogen (secondary N) is 1. The molecule has 0 saturated carbocycles. The van der Waals surface area contributed by atoms with Crippen LogP contribution in [0, 0.1) is 12.8 Å². The molecule has 1 amide bonds. The van der Waals surface area contributed by atoms with Gasteiger partial charge in [0.1, 0.15) is 11.9 Å². The lowest BCUT2D eigenvalue weighted by Crippen LogP contribution is -2.33. The molecule has 0 fully saturated rings. The molecule has 1 atom stereocenters. The number of nitrogens with zero attached hydrogens (tertiary/aromatic N) is 2. The molecule has 1 aromatic heterocycles. The lowest BCUT2D eigenvalue weighted by molar-refractivity contribution is -0.124. The fraction of sp³-hybridized carbons (Fsp3) is 0.636. The summed E-state index contributed by atoms with van der Waals surface area (Å²) in [5, 5.41) is 2.55. The number of hydrogen-bond acceptors (Lipinski definition) is 4. The maximum Gasteiger partial charge on any atom is 0.280 e. The third-order valence-electron chi connectivity index (χ3n) is 2.63. The fourth-order valence-corrected chi connectivity index (χ4v) is 2.25. The quantitative estimate of drug-likeness (QED) is 0.835. The number of hydrogen-bond donors (Lipinski definition) is 1. The van der Waals surface area contributed by atoms with Gasteiger partial charge in [0.15, 0.2) is 5.03 Å². The van der Waals surface area contributed by atoms with E-state index in [-0.39, 0.29) is 10.9 Å². The minimum absolute atomic E-state index is 0.187. The molecule has 8 heteroatoms. The van der Waals surface area contributed by atoms with Crippen LogP contribution in [0.4, 0.5) is 0 Å².